The molecule has 0 aliphatic carbocycles. The van der Waals surface area contributed by atoms with E-state index < -0.39 is 21.7 Å². The van der Waals surface area contributed by atoms with Gasteiger partial charge in [0.1, 0.15) is 5.82 Å². The summed E-state index contributed by atoms with van der Waals surface area (Å²) in [7, 11) is -1.06. The van der Waals surface area contributed by atoms with Crippen molar-refractivity contribution in [1.82, 2.24) is 14.5 Å². The molecule has 0 unspecified atom stereocenters. The van der Waals surface area contributed by atoms with Gasteiger partial charge in [-0.05, 0) is 24.0 Å². The fourth-order valence-electron chi connectivity index (χ4n) is 1.66. The third-order valence-electron chi connectivity index (χ3n) is 2.86. The molecule has 0 fully saturated rings. The molecule has 1 heterocycles. The molecule has 0 aliphatic rings. The van der Waals surface area contributed by atoms with Gasteiger partial charge in [0.2, 0.25) is 15.2 Å². The molecule has 0 saturated carbocycles. The van der Waals surface area contributed by atoms with Gasteiger partial charge in [-0.3, -0.25) is 10.1 Å². The van der Waals surface area contributed by atoms with Gasteiger partial charge in [0.25, 0.3) is 5.91 Å². The highest BCUT2D eigenvalue weighted by Crippen LogP contribution is 2.26. The molecule has 7 nitrogen and oxygen atoms in total. The summed E-state index contributed by atoms with van der Waals surface area (Å²) in [6.45, 7) is 1.95. The van der Waals surface area contributed by atoms with Crippen molar-refractivity contribution < 1.29 is 17.6 Å². The fourth-order valence-corrected chi connectivity index (χ4v) is 4.23. The predicted octanol–water partition coefficient (Wildman–Crippen LogP) is 2.29. The molecule has 1 aromatic heterocycles. The number of amides is 1. The lowest BCUT2D eigenvalue weighted by Gasteiger charge is -2.12. The number of carbonyl (C=O) groups is 1. The van der Waals surface area contributed by atoms with Crippen LogP contribution in [0.15, 0.2) is 27.4 Å². The van der Waals surface area contributed by atoms with E-state index in [1.54, 1.807) is 0 Å². The first-order chi connectivity index (χ1) is 11.3. The second-order valence-corrected chi connectivity index (χ2v) is 9.33. The second kappa shape index (κ2) is 7.55. The molecule has 1 amide bonds. The summed E-state index contributed by atoms with van der Waals surface area (Å²) >= 11 is 2.63. The van der Waals surface area contributed by atoms with Gasteiger partial charge in [0.15, 0.2) is 4.34 Å². The number of rotatable bonds is 6. The van der Waals surface area contributed by atoms with Gasteiger partial charge in [-0.1, -0.05) is 30.0 Å². The first kappa shape index (κ1) is 18.8. The van der Waals surface area contributed by atoms with E-state index >= 15 is 0 Å². The maximum absolute atomic E-state index is 13.9. The van der Waals surface area contributed by atoms with Crippen LogP contribution in [0.25, 0.3) is 0 Å². The maximum atomic E-state index is 13.9. The average molecular weight is 390 g/mol. The molecule has 1 aromatic carbocycles. The standard InChI is InChI=1S/C13H15FN4O3S3/c1-4-22-13-17-16-12(23-13)15-11(19)9-7-8(5-6-10(9)14)24(20,21)18(2)3/h5-7H,4H2,1-3H3,(H,15,16,19). The van der Waals surface area contributed by atoms with Crippen LogP contribution < -0.4 is 5.32 Å². The minimum absolute atomic E-state index is 0.168. The molecule has 0 spiro atoms. The average Bonchev–Trinajstić information content (AvgIpc) is 2.94. The molecule has 24 heavy (non-hydrogen) atoms. The van der Waals surface area contributed by atoms with Crippen LogP contribution in [0.1, 0.15) is 17.3 Å². The van der Waals surface area contributed by atoms with Crippen LogP contribution >= 0.6 is 23.1 Å². The normalized spacial score (nSPS) is 11.7. The Morgan fingerprint density at radius 3 is 2.71 bits per heavy atom. The molecular formula is C13H15FN4O3S3. The zero-order chi connectivity index (χ0) is 17.9. The van der Waals surface area contributed by atoms with Crippen molar-refractivity contribution in [1.29, 1.82) is 0 Å². The van der Waals surface area contributed by atoms with Crippen molar-refractivity contribution >= 4 is 44.2 Å². The third-order valence-corrected chi connectivity index (χ3v) is 6.52. The fraction of sp³-hybridized carbons (Fsp3) is 0.308. The van der Waals surface area contributed by atoms with Crippen LogP contribution in [0, 0.1) is 5.82 Å². The highest BCUT2D eigenvalue weighted by Gasteiger charge is 2.22. The minimum Gasteiger partial charge on any atom is -0.296 e. The van der Waals surface area contributed by atoms with E-state index in [1.807, 2.05) is 6.92 Å². The predicted molar refractivity (Wildman–Crippen MR) is 91.5 cm³/mol. The number of aromatic nitrogens is 2. The summed E-state index contributed by atoms with van der Waals surface area (Å²) in [5, 5.41) is 10.3. The Kier molecular flexibility index (Phi) is 5.91. The Morgan fingerprint density at radius 1 is 1.38 bits per heavy atom. The molecular weight excluding hydrogens is 375 g/mol. The Labute approximate surface area is 147 Å². The Balaban J connectivity index is 2.28. The lowest BCUT2D eigenvalue weighted by molar-refractivity contribution is 0.102. The van der Waals surface area contributed by atoms with Gasteiger partial charge in [-0.2, -0.15) is 0 Å². The summed E-state index contributed by atoms with van der Waals surface area (Å²) < 4.78 is 39.8. The maximum Gasteiger partial charge on any atom is 0.260 e. The van der Waals surface area contributed by atoms with Crippen molar-refractivity contribution in [2.75, 3.05) is 25.2 Å². The number of halogens is 1. The van der Waals surface area contributed by atoms with Crippen LogP contribution in [0.5, 0.6) is 0 Å². The van der Waals surface area contributed by atoms with E-state index in [4.69, 9.17) is 0 Å². The lowest BCUT2D eigenvalue weighted by Crippen LogP contribution is -2.23. The first-order valence-electron chi connectivity index (χ1n) is 6.75. The number of sulfonamides is 1. The van der Waals surface area contributed by atoms with Crippen LogP contribution in [0.3, 0.4) is 0 Å². The molecule has 0 atom stereocenters. The van der Waals surface area contributed by atoms with Gasteiger partial charge >= 0.3 is 0 Å². The largest absolute Gasteiger partial charge is 0.296 e. The number of thioether (sulfide) groups is 1. The minimum atomic E-state index is -3.77. The van der Waals surface area contributed by atoms with Crippen molar-refractivity contribution in [3.63, 3.8) is 0 Å². The van der Waals surface area contributed by atoms with E-state index in [0.717, 1.165) is 39.6 Å². The van der Waals surface area contributed by atoms with Crippen molar-refractivity contribution in [2.45, 2.75) is 16.2 Å². The first-order valence-corrected chi connectivity index (χ1v) is 9.99. The molecule has 0 bridgehead atoms. The van der Waals surface area contributed by atoms with Gasteiger partial charge in [-0.15, -0.1) is 10.2 Å². The van der Waals surface area contributed by atoms with Gasteiger partial charge in [-0.25, -0.2) is 17.1 Å². The summed E-state index contributed by atoms with van der Waals surface area (Å²) in [4.78, 5) is 12.1. The summed E-state index contributed by atoms with van der Waals surface area (Å²) in [5.41, 5.74) is -0.377. The summed E-state index contributed by atoms with van der Waals surface area (Å²) in [5.74, 6) is -0.799. The molecule has 0 aliphatic heterocycles. The van der Waals surface area contributed by atoms with Crippen molar-refractivity contribution in [3.8, 4) is 0 Å². The zero-order valence-corrected chi connectivity index (χ0v) is 15.6. The second-order valence-electron chi connectivity index (χ2n) is 4.69. The quantitative estimate of drug-likeness (QED) is 0.601. The number of hydrogen-bond acceptors (Lipinski definition) is 7. The van der Waals surface area contributed by atoms with Crippen molar-refractivity contribution in [2.24, 2.45) is 0 Å². The molecule has 130 valence electrons. The van der Waals surface area contributed by atoms with Crippen LogP contribution in [0.2, 0.25) is 0 Å². The number of hydrogen-bond donors (Lipinski definition) is 1. The number of nitrogens with one attached hydrogen (secondary N) is 1. The van der Waals surface area contributed by atoms with Crippen molar-refractivity contribution in [3.05, 3.63) is 29.6 Å². The molecule has 1 N–H and O–H groups in total. The molecule has 11 heteroatoms. The van der Waals surface area contributed by atoms with Gasteiger partial charge < -0.3 is 0 Å². The highest BCUT2D eigenvalue weighted by atomic mass is 32.2. The molecule has 2 aromatic rings. The Morgan fingerprint density at radius 2 is 2.08 bits per heavy atom. The monoisotopic (exact) mass is 390 g/mol. The third kappa shape index (κ3) is 4.09. The number of anilines is 1. The SMILES string of the molecule is CCSc1nnc(NC(=O)c2cc(S(=O)(=O)N(C)C)ccc2F)s1. The number of benzene rings is 1. The van der Waals surface area contributed by atoms with E-state index in [1.165, 1.54) is 25.9 Å². The van der Waals surface area contributed by atoms with E-state index in [9.17, 15) is 17.6 Å². The zero-order valence-electron chi connectivity index (χ0n) is 13.1. The number of nitrogens with zero attached hydrogens (tertiary/aromatic N) is 3. The highest BCUT2D eigenvalue weighted by molar-refractivity contribution is 8.01. The van der Waals surface area contributed by atoms with Gasteiger partial charge in [0, 0.05) is 14.1 Å². The Bertz CT molecular complexity index is 852. The smallest absolute Gasteiger partial charge is 0.260 e. The van der Waals surface area contributed by atoms with E-state index in [2.05, 4.69) is 15.5 Å². The van der Waals surface area contributed by atoms with E-state index in [0.29, 0.717) is 4.34 Å². The lowest BCUT2D eigenvalue weighted by atomic mass is 10.2. The Hall–Kier alpha value is -1.56. The topological polar surface area (TPSA) is 92.3 Å². The molecule has 0 radical (unpaired) electrons. The van der Waals surface area contributed by atoms with Crippen LogP contribution in [0.4, 0.5) is 9.52 Å². The summed E-state index contributed by atoms with van der Waals surface area (Å²) in [6, 6.07) is 3.06. The molecule has 2 rings (SSSR count). The van der Waals surface area contributed by atoms with Gasteiger partial charge in [0.05, 0.1) is 10.5 Å². The number of carbonyl (C=O) groups excluding carboxylic acids is 1. The van der Waals surface area contributed by atoms with Crippen LogP contribution in [-0.4, -0.2) is 48.7 Å². The molecule has 0 saturated heterocycles. The van der Waals surface area contributed by atoms with E-state index in [-0.39, 0.29) is 15.6 Å². The van der Waals surface area contributed by atoms with Crippen LogP contribution in [-0.2, 0) is 10.0 Å². The summed E-state index contributed by atoms with van der Waals surface area (Å²) in [6.07, 6.45) is 0.